The van der Waals surface area contributed by atoms with Crippen molar-refractivity contribution < 1.29 is 27.4 Å². The monoisotopic (exact) mass is 529 g/mol. The van der Waals surface area contributed by atoms with E-state index in [9.17, 15) is 18.0 Å². The summed E-state index contributed by atoms with van der Waals surface area (Å²) in [5.41, 5.74) is 0.932. The molecule has 3 heterocycles. The van der Waals surface area contributed by atoms with Gasteiger partial charge in [0, 0.05) is 37.1 Å². The number of alkyl halides is 3. The first-order valence-electron chi connectivity index (χ1n) is 11.3. The lowest BCUT2D eigenvalue weighted by molar-refractivity contribution is -0.137. The Balaban J connectivity index is 1.38. The number of hydrogen-bond donors (Lipinski definition) is 1. The van der Waals surface area contributed by atoms with Crippen LogP contribution in [-0.2, 0) is 24.4 Å². The van der Waals surface area contributed by atoms with Gasteiger partial charge in [0.25, 0.3) is 0 Å². The largest absolute Gasteiger partial charge is 0.486 e. The smallest absolute Gasteiger partial charge is 0.416 e. The van der Waals surface area contributed by atoms with E-state index in [2.05, 4.69) is 15.5 Å². The third kappa shape index (κ3) is 5.58. The molecule has 0 spiro atoms. The van der Waals surface area contributed by atoms with E-state index in [0.29, 0.717) is 47.8 Å². The normalized spacial score (nSPS) is 13.0. The van der Waals surface area contributed by atoms with Crippen LogP contribution in [0.15, 0.2) is 66.0 Å². The topological polar surface area (TPSA) is 83.2 Å². The van der Waals surface area contributed by atoms with E-state index in [1.54, 1.807) is 28.8 Å². The molecule has 0 radical (unpaired) electrons. The van der Waals surface area contributed by atoms with E-state index in [1.165, 1.54) is 6.07 Å². The van der Waals surface area contributed by atoms with Gasteiger partial charge in [-0.1, -0.05) is 17.8 Å². The van der Waals surface area contributed by atoms with Crippen molar-refractivity contribution in [2.75, 3.05) is 24.3 Å². The molecule has 0 atom stereocenters. The highest BCUT2D eigenvalue weighted by molar-refractivity contribution is 7.99. The molecule has 1 N–H and O–H groups in total. The highest BCUT2D eigenvalue weighted by atomic mass is 32.2. The number of aryl methyl sites for hydroxylation is 1. The SMILES string of the molecule is Cn1cccc1Cc1nnc(SCC(=O)Nc2ccc3c(c2)OCCO3)n1-c1cccc(C(F)(F)F)c1. The van der Waals surface area contributed by atoms with Crippen LogP contribution < -0.4 is 14.8 Å². The number of ether oxygens (including phenoxy) is 2. The van der Waals surface area contributed by atoms with Gasteiger partial charge in [-0.25, -0.2) is 0 Å². The maximum absolute atomic E-state index is 13.4. The third-order valence-corrected chi connectivity index (χ3v) is 6.61. The number of aromatic nitrogens is 4. The zero-order valence-corrected chi connectivity index (χ0v) is 20.5. The summed E-state index contributed by atoms with van der Waals surface area (Å²) in [6.45, 7) is 0.893. The predicted molar refractivity (Wildman–Crippen MR) is 131 cm³/mol. The van der Waals surface area contributed by atoms with Crippen molar-refractivity contribution >= 4 is 23.4 Å². The van der Waals surface area contributed by atoms with Crippen LogP contribution in [0.3, 0.4) is 0 Å². The number of carbonyl (C=O) groups is 1. The van der Waals surface area contributed by atoms with Gasteiger partial charge >= 0.3 is 6.18 Å². The molecular weight excluding hydrogens is 507 g/mol. The minimum Gasteiger partial charge on any atom is -0.486 e. The number of nitrogens with zero attached hydrogens (tertiary/aromatic N) is 4. The number of amides is 1. The van der Waals surface area contributed by atoms with E-state index >= 15 is 0 Å². The second-order valence-corrected chi connectivity index (χ2v) is 9.21. The summed E-state index contributed by atoms with van der Waals surface area (Å²) < 4.78 is 54.7. The van der Waals surface area contributed by atoms with Gasteiger partial charge < -0.3 is 19.4 Å². The van der Waals surface area contributed by atoms with E-state index in [4.69, 9.17) is 9.47 Å². The highest BCUT2D eigenvalue weighted by Gasteiger charge is 2.31. The maximum atomic E-state index is 13.4. The molecule has 0 fully saturated rings. The number of rotatable bonds is 7. The number of anilines is 1. The highest BCUT2D eigenvalue weighted by Crippen LogP contribution is 2.34. The van der Waals surface area contributed by atoms with Crippen LogP contribution in [0.4, 0.5) is 18.9 Å². The van der Waals surface area contributed by atoms with Gasteiger partial charge in [-0.15, -0.1) is 10.2 Å². The van der Waals surface area contributed by atoms with Gasteiger partial charge in [0.05, 0.1) is 17.0 Å². The lowest BCUT2D eigenvalue weighted by Gasteiger charge is -2.19. The second kappa shape index (κ2) is 10.2. The molecule has 2 aromatic carbocycles. The Labute approximate surface area is 214 Å². The molecule has 192 valence electrons. The summed E-state index contributed by atoms with van der Waals surface area (Å²) >= 11 is 1.08. The third-order valence-electron chi connectivity index (χ3n) is 5.68. The first kappa shape index (κ1) is 24.8. The molecule has 8 nitrogen and oxygen atoms in total. The van der Waals surface area contributed by atoms with Crippen molar-refractivity contribution in [2.24, 2.45) is 7.05 Å². The Morgan fingerprint density at radius 2 is 1.86 bits per heavy atom. The number of benzene rings is 2. The first-order chi connectivity index (χ1) is 17.8. The zero-order valence-electron chi connectivity index (χ0n) is 19.7. The van der Waals surface area contributed by atoms with Crippen molar-refractivity contribution in [1.82, 2.24) is 19.3 Å². The molecule has 1 aliphatic heterocycles. The molecule has 37 heavy (non-hydrogen) atoms. The average Bonchev–Trinajstić information content (AvgIpc) is 3.48. The number of hydrogen-bond acceptors (Lipinski definition) is 6. The number of halogens is 3. The Hall–Kier alpha value is -3.93. The molecule has 0 aliphatic carbocycles. The Morgan fingerprint density at radius 1 is 1.05 bits per heavy atom. The molecular formula is C25H22F3N5O3S. The molecule has 1 amide bonds. The van der Waals surface area contributed by atoms with Crippen LogP contribution in [0.25, 0.3) is 5.69 Å². The lowest BCUT2D eigenvalue weighted by Crippen LogP contribution is -2.17. The molecule has 5 rings (SSSR count). The minimum absolute atomic E-state index is 0.0321. The number of fused-ring (bicyclic) bond motifs is 1. The van der Waals surface area contributed by atoms with Gasteiger partial charge in [0.1, 0.15) is 19.0 Å². The zero-order chi connectivity index (χ0) is 26.0. The van der Waals surface area contributed by atoms with Crippen LogP contribution in [0.1, 0.15) is 17.1 Å². The number of nitrogens with one attached hydrogen (secondary N) is 1. The summed E-state index contributed by atoms with van der Waals surface area (Å²) in [5, 5.41) is 11.5. The summed E-state index contributed by atoms with van der Waals surface area (Å²) in [4.78, 5) is 12.7. The second-order valence-electron chi connectivity index (χ2n) is 8.26. The molecule has 4 aromatic rings. The van der Waals surface area contributed by atoms with E-state index < -0.39 is 11.7 Å². The van der Waals surface area contributed by atoms with Crippen molar-refractivity contribution in [3.05, 3.63) is 77.9 Å². The molecule has 0 unspecified atom stereocenters. The van der Waals surface area contributed by atoms with Crippen LogP contribution in [-0.4, -0.2) is 44.2 Å². The minimum atomic E-state index is -4.50. The van der Waals surface area contributed by atoms with Gasteiger partial charge in [-0.3, -0.25) is 9.36 Å². The van der Waals surface area contributed by atoms with Gasteiger partial charge in [-0.05, 0) is 42.5 Å². The summed E-state index contributed by atoms with van der Waals surface area (Å²) in [6.07, 6.45) is -2.28. The fraction of sp³-hybridized carbons (Fsp3) is 0.240. The fourth-order valence-electron chi connectivity index (χ4n) is 3.88. The van der Waals surface area contributed by atoms with Crippen LogP contribution in [0, 0.1) is 0 Å². The Bertz CT molecular complexity index is 1430. The maximum Gasteiger partial charge on any atom is 0.416 e. The lowest BCUT2D eigenvalue weighted by atomic mass is 10.2. The van der Waals surface area contributed by atoms with Crippen molar-refractivity contribution in [1.29, 1.82) is 0 Å². The number of thioether (sulfide) groups is 1. The first-order valence-corrected chi connectivity index (χ1v) is 12.3. The summed E-state index contributed by atoms with van der Waals surface area (Å²) in [7, 11) is 1.87. The fourth-order valence-corrected chi connectivity index (χ4v) is 4.65. The van der Waals surface area contributed by atoms with E-state index in [-0.39, 0.29) is 17.3 Å². The van der Waals surface area contributed by atoms with Gasteiger partial charge in [0.2, 0.25) is 5.91 Å². The molecule has 0 saturated heterocycles. The standard InChI is InChI=1S/C25H22F3N5O3S/c1-32-9-3-6-18(32)14-22-30-31-24(33(22)19-5-2-4-16(12-19)25(26,27)28)37-15-23(34)29-17-7-8-20-21(13-17)36-11-10-35-20/h2-9,12-13H,10-11,14-15H2,1H3,(H,29,34). The molecule has 1 aliphatic rings. The molecule has 12 heteroatoms. The van der Waals surface area contributed by atoms with Crippen molar-refractivity contribution in [2.45, 2.75) is 17.8 Å². The molecule has 2 aromatic heterocycles. The molecule has 0 saturated carbocycles. The van der Waals surface area contributed by atoms with Crippen LogP contribution in [0.2, 0.25) is 0 Å². The van der Waals surface area contributed by atoms with Crippen LogP contribution >= 0.6 is 11.8 Å². The Morgan fingerprint density at radius 3 is 2.62 bits per heavy atom. The van der Waals surface area contributed by atoms with E-state index in [0.717, 1.165) is 29.6 Å². The summed E-state index contributed by atoms with van der Waals surface area (Å²) in [5.74, 6) is 1.26. The van der Waals surface area contributed by atoms with Gasteiger partial charge in [-0.2, -0.15) is 13.2 Å². The van der Waals surface area contributed by atoms with Crippen molar-refractivity contribution in [3.63, 3.8) is 0 Å². The molecule has 0 bridgehead atoms. The Kier molecular flexibility index (Phi) is 6.83. The van der Waals surface area contributed by atoms with Crippen molar-refractivity contribution in [3.8, 4) is 17.2 Å². The van der Waals surface area contributed by atoms with E-state index in [1.807, 2.05) is 29.9 Å². The summed E-state index contributed by atoms with van der Waals surface area (Å²) in [6, 6.07) is 13.9. The van der Waals surface area contributed by atoms with Gasteiger partial charge in [0.15, 0.2) is 16.7 Å². The quantitative estimate of drug-likeness (QED) is 0.349. The van der Waals surface area contributed by atoms with Crippen LogP contribution in [0.5, 0.6) is 11.5 Å². The predicted octanol–water partition coefficient (Wildman–Crippen LogP) is 4.72. The number of carbonyl (C=O) groups excluding carboxylic acids is 1. The average molecular weight is 530 g/mol.